The summed E-state index contributed by atoms with van der Waals surface area (Å²) in [5.74, 6) is -0.111. The molecule has 0 saturated carbocycles. The molecule has 0 aliphatic carbocycles. The Balaban J connectivity index is 1.91. The Morgan fingerprint density at radius 1 is 1.35 bits per heavy atom. The number of carbonyl (C=O) groups is 1. The van der Waals surface area contributed by atoms with Gasteiger partial charge in [-0.25, -0.2) is 0 Å². The van der Waals surface area contributed by atoms with Crippen molar-refractivity contribution in [2.24, 2.45) is 0 Å². The number of aliphatic hydroxyl groups excluding tert-OH is 1. The van der Waals surface area contributed by atoms with Gasteiger partial charge in [-0.1, -0.05) is 0 Å². The summed E-state index contributed by atoms with van der Waals surface area (Å²) in [5, 5.41) is 9.33. The van der Waals surface area contributed by atoms with Crippen LogP contribution < -0.4 is 0 Å². The summed E-state index contributed by atoms with van der Waals surface area (Å²) >= 11 is 0. The van der Waals surface area contributed by atoms with Gasteiger partial charge < -0.3 is 14.7 Å². The third-order valence-electron chi connectivity index (χ3n) is 3.42. The predicted octanol–water partition coefficient (Wildman–Crippen LogP) is 0.463. The molecule has 0 radical (unpaired) electrons. The Hall–Kier alpha value is -2.05. The first-order chi connectivity index (χ1) is 9.79. The summed E-state index contributed by atoms with van der Waals surface area (Å²) in [7, 11) is 0. The summed E-state index contributed by atoms with van der Waals surface area (Å²) in [6.45, 7) is 1.26. The molecular formula is C14H15N3O3. The van der Waals surface area contributed by atoms with Gasteiger partial charge in [0, 0.05) is 24.5 Å². The number of benzene rings is 1. The van der Waals surface area contributed by atoms with E-state index in [9.17, 15) is 9.90 Å². The van der Waals surface area contributed by atoms with Crippen molar-refractivity contribution in [2.75, 3.05) is 26.4 Å². The van der Waals surface area contributed by atoms with E-state index in [1.807, 2.05) is 0 Å². The van der Waals surface area contributed by atoms with E-state index < -0.39 is 0 Å². The van der Waals surface area contributed by atoms with Crippen molar-refractivity contribution in [2.45, 2.75) is 6.04 Å². The van der Waals surface area contributed by atoms with Gasteiger partial charge in [-0.2, -0.15) is 0 Å². The van der Waals surface area contributed by atoms with E-state index in [4.69, 9.17) is 4.74 Å². The zero-order valence-electron chi connectivity index (χ0n) is 10.9. The molecule has 1 unspecified atom stereocenters. The molecule has 6 nitrogen and oxygen atoms in total. The predicted molar refractivity (Wildman–Crippen MR) is 72.3 cm³/mol. The number of carbonyl (C=O) groups excluding carboxylic acids is 1. The van der Waals surface area contributed by atoms with Crippen molar-refractivity contribution in [3.63, 3.8) is 0 Å². The maximum Gasteiger partial charge on any atom is 0.254 e. The van der Waals surface area contributed by atoms with Crippen LogP contribution in [0.4, 0.5) is 0 Å². The fourth-order valence-corrected chi connectivity index (χ4v) is 2.34. The quantitative estimate of drug-likeness (QED) is 0.860. The highest BCUT2D eigenvalue weighted by atomic mass is 16.5. The van der Waals surface area contributed by atoms with Gasteiger partial charge >= 0.3 is 0 Å². The third kappa shape index (κ3) is 2.35. The lowest BCUT2D eigenvalue weighted by Crippen LogP contribution is -2.50. The van der Waals surface area contributed by atoms with Crippen LogP contribution in [0.25, 0.3) is 11.0 Å². The minimum Gasteiger partial charge on any atom is -0.394 e. The number of fused-ring (bicyclic) bond motifs is 1. The highest BCUT2D eigenvalue weighted by Crippen LogP contribution is 2.16. The molecule has 1 N–H and O–H groups in total. The number of ether oxygens (including phenoxy) is 1. The summed E-state index contributed by atoms with van der Waals surface area (Å²) in [6.07, 6.45) is 3.22. The van der Waals surface area contributed by atoms with Gasteiger partial charge in [-0.05, 0) is 18.2 Å². The minimum atomic E-state index is -0.284. The number of rotatable bonds is 2. The fourth-order valence-electron chi connectivity index (χ4n) is 2.34. The minimum absolute atomic E-state index is 0.0981. The van der Waals surface area contributed by atoms with Gasteiger partial charge in [0.15, 0.2) is 0 Å². The number of hydrogen-bond donors (Lipinski definition) is 1. The molecule has 2 heterocycles. The van der Waals surface area contributed by atoms with Crippen LogP contribution in [0.15, 0.2) is 30.6 Å². The summed E-state index contributed by atoms with van der Waals surface area (Å²) in [5.41, 5.74) is 2.00. The van der Waals surface area contributed by atoms with Crippen LogP contribution >= 0.6 is 0 Å². The van der Waals surface area contributed by atoms with Gasteiger partial charge in [0.05, 0.1) is 36.9 Å². The fraction of sp³-hybridized carbons (Fsp3) is 0.357. The number of hydrogen-bond acceptors (Lipinski definition) is 5. The van der Waals surface area contributed by atoms with E-state index in [0.29, 0.717) is 30.8 Å². The number of amides is 1. The Kier molecular flexibility index (Phi) is 3.58. The lowest BCUT2D eigenvalue weighted by atomic mass is 10.1. The first-order valence-corrected chi connectivity index (χ1v) is 6.50. The van der Waals surface area contributed by atoms with Crippen LogP contribution in [0, 0.1) is 0 Å². The van der Waals surface area contributed by atoms with Crippen molar-refractivity contribution >= 4 is 16.9 Å². The molecule has 104 valence electrons. The molecule has 1 fully saturated rings. The average Bonchev–Trinajstić information content (AvgIpc) is 2.53. The highest BCUT2D eigenvalue weighted by molar-refractivity contribution is 5.97. The number of morpholine rings is 1. The molecule has 6 heteroatoms. The van der Waals surface area contributed by atoms with Gasteiger partial charge in [0.1, 0.15) is 0 Å². The average molecular weight is 273 g/mol. The van der Waals surface area contributed by atoms with Gasteiger partial charge in [0.25, 0.3) is 5.91 Å². The second kappa shape index (κ2) is 5.52. The molecule has 0 bridgehead atoms. The Labute approximate surface area is 116 Å². The first-order valence-electron chi connectivity index (χ1n) is 6.50. The Bertz CT molecular complexity index is 632. The third-order valence-corrected chi connectivity index (χ3v) is 3.42. The van der Waals surface area contributed by atoms with Crippen LogP contribution in [0.5, 0.6) is 0 Å². The molecule has 3 rings (SSSR count). The van der Waals surface area contributed by atoms with Crippen LogP contribution in [0.3, 0.4) is 0 Å². The molecule has 1 amide bonds. The zero-order chi connectivity index (χ0) is 13.9. The second-order valence-corrected chi connectivity index (χ2v) is 4.67. The summed E-state index contributed by atoms with van der Waals surface area (Å²) in [4.78, 5) is 22.6. The summed E-state index contributed by atoms with van der Waals surface area (Å²) < 4.78 is 5.28. The first kappa shape index (κ1) is 13.0. The van der Waals surface area contributed by atoms with Crippen molar-refractivity contribution in [1.29, 1.82) is 0 Å². The molecule has 2 aromatic rings. The van der Waals surface area contributed by atoms with Crippen molar-refractivity contribution in [3.05, 3.63) is 36.2 Å². The summed E-state index contributed by atoms with van der Waals surface area (Å²) in [6, 6.07) is 4.97. The van der Waals surface area contributed by atoms with Crippen molar-refractivity contribution in [1.82, 2.24) is 14.9 Å². The highest BCUT2D eigenvalue weighted by Gasteiger charge is 2.27. The lowest BCUT2D eigenvalue weighted by molar-refractivity contribution is -0.0183. The zero-order valence-corrected chi connectivity index (χ0v) is 10.9. The van der Waals surface area contributed by atoms with Gasteiger partial charge in [-0.15, -0.1) is 0 Å². The molecule has 1 aromatic carbocycles. The molecule has 1 aliphatic heterocycles. The number of aliphatic hydroxyl groups is 1. The largest absolute Gasteiger partial charge is 0.394 e. The monoisotopic (exact) mass is 273 g/mol. The molecule has 1 saturated heterocycles. The Morgan fingerprint density at radius 2 is 2.15 bits per heavy atom. The van der Waals surface area contributed by atoms with E-state index >= 15 is 0 Å². The van der Waals surface area contributed by atoms with Gasteiger partial charge in [0.2, 0.25) is 0 Å². The molecule has 0 spiro atoms. The smallest absolute Gasteiger partial charge is 0.254 e. The molecule has 1 aliphatic rings. The van der Waals surface area contributed by atoms with Gasteiger partial charge in [-0.3, -0.25) is 14.8 Å². The van der Waals surface area contributed by atoms with E-state index in [1.54, 1.807) is 35.5 Å². The number of aromatic nitrogens is 2. The maximum atomic E-state index is 12.5. The van der Waals surface area contributed by atoms with Crippen LogP contribution in [-0.2, 0) is 4.74 Å². The SMILES string of the molecule is O=C(c1ccc2nccnc2c1)N1CCOCC1CO. The Morgan fingerprint density at radius 3 is 2.95 bits per heavy atom. The maximum absolute atomic E-state index is 12.5. The van der Waals surface area contributed by atoms with E-state index in [2.05, 4.69) is 9.97 Å². The lowest BCUT2D eigenvalue weighted by Gasteiger charge is -2.34. The number of nitrogens with zero attached hydrogens (tertiary/aromatic N) is 3. The molecule has 20 heavy (non-hydrogen) atoms. The van der Waals surface area contributed by atoms with Crippen LogP contribution in [0.2, 0.25) is 0 Å². The van der Waals surface area contributed by atoms with Crippen LogP contribution in [0.1, 0.15) is 10.4 Å². The molecule has 1 aromatic heterocycles. The van der Waals surface area contributed by atoms with Crippen molar-refractivity contribution < 1.29 is 14.6 Å². The van der Waals surface area contributed by atoms with Crippen molar-refractivity contribution in [3.8, 4) is 0 Å². The van der Waals surface area contributed by atoms with E-state index in [1.165, 1.54) is 0 Å². The normalized spacial score (nSPS) is 19.2. The molecular weight excluding hydrogens is 258 g/mol. The van der Waals surface area contributed by atoms with Crippen LogP contribution in [-0.4, -0.2) is 58.3 Å². The standard InChI is InChI=1S/C14H15N3O3/c18-8-11-9-20-6-5-17(11)14(19)10-1-2-12-13(7-10)16-4-3-15-12/h1-4,7,11,18H,5-6,8-9H2. The van der Waals surface area contributed by atoms with E-state index in [-0.39, 0.29) is 18.6 Å². The topological polar surface area (TPSA) is 75.6 Å². The second-order valence-electron chi connectivity index (χ2n) is 4.67. The van der Waals surface area contributed by atoms with E-state index in [0.717, 1.165) is 5.52 Å². The molecule has 1 atom stereocenters.